The lowest BCUT2D eigenvalue weighted by Crippen LogP contribution is -2.48. The summed E-state index contributed by atoms with van der Waals surface area (Å²) in [6, 6.07) is 11.1. The summed E-state index contributed by atoms with van der Waals surface area (Å²) in [6.07, 6.45) is 1.30. The fraction of sp³-hybridized carbons (Fsp3) is 0.600. The summed E-state index contributed by atoms with van der Waals surface area (Å²) in [5.41, 5.74) is 1.22. The molecule has 0 amide bonds. The molecular weight excluding hydrogens is 222 g/mol. The van der Waals surface area contributed by atoms with E-state index in [0.717, 1.165) is 19.8 Å². The highest BCUT2D eigenvalue weighted by atomic mass is 15.3. The lowest BCUT2D eigenvalue weighted by atomic mass is 10.2. The minimum absolute atomic E-state index is 0.662. The first-order valence-corrected chi connectivity index (χ1v) is 7.01. The monoisotopic (exact) mass is 247 g/mol. The second-order valence-electron chi connectivity index (χ2n) is 5.31. The van der Waals surface area contributed by atoms with Gasteiger partial charge >= 0.3 is 0 Å². The smallest absolute Gasteiger partial charge is 0.0509 e. The van der Waals surface area contributed by atoms with E-state index in [4.69, 9.17) is 0 Å². The Hall–Kier alpha value is -1.06. The number of benzene rings is 1. The molecule has 0 unspecified atom stereocenters. The molecule has 0 atom stereocenters. The largest absolute Gasteiger partial charge is 0.384 e. The maximum absolute atomic E-state index is 3.48. The molecule has 1 fully saturated rings. The summed E-state index contributed by atoms with van der Waals surface area (Å²) >= 11 is 0. The van der Waals surface area contributed by atoms with Gasteiger partial charge in [0.25, 0.3) is 0 Å². The maximum atomic E-state index is 3.48. The van der Waals surface area contributed by atoms with Crippen molar-refractivity contribution in [3.8, 4) is 0 Å². The Bertz CT molecular complexity index is 337. The van der Waals surface area contributed by atoms with E-state index >= 15 is 0 Å². The predicted octanol–water partition coefficient (Wildman–Crippen LogP) is 2.47. The van der Waals surface area contributed by atoms with E-state index in [1.165, 1.54) is 25.2 Å². The van der Waals surface area contributed by atoms with Gasteiger partial charge in [0.15, 0.2) is 0 Å². The molecule has 0 saturated carbocycles. The zero-order valence-corrected chi connectivity index (χ0v) is 11.6. The quantitative estimate of drug-likeness (QED) is 0.862. The summed E-state index contributed by atoms with van der Waals surface area (Å²) in [6.45, 7) is 10.3. The molecule has 0 radical (unpaired) electrons. The van der Waals surface area contributed by atoms with Crippen LogP contribution in [-0.4, -0.2) is 48.7 Å². The molecule has 100 valence electrons. The van der Waals surface area contributed by atoms with Crippen molar-refractivity contribution in [1.29, 1.82) is 0 Å². The first kappa shape index (κ1) is 13.4. The minimum Gasteiger partial charge on any atom is -0.384 e. The van der Waals surface area contributed by atoms with Crippen LogP contribution in [0.5, 0.6) is 0 Å². The maximum Gasteiger partial charge on any atom is 0.0509 e. The molecule has 1 N–H and O–H groups in total. The second-order valence-corrected chi connectivity index (χ2v) is 5.31. The van der Waals surface area contributed by atoms with Gasteiger partial charge in [0.1, 0.15) is 0 Å². The van der Waals surface area contributed by atoms with E-state index in [1.807, 2.05) is 0 Å². The molecule has 0 aliphatic carbocycles. The lowest BCUT2D eigenvalue weighted by molar-refractivity contribution is 0.0658. The molecule has 3 nitrogen and oxygen atoms in total. The summed E-state index contributed by atoms with van der Waals surface area (Å²) in [4.78, 5) is 5.09. The van der Waals surface area contributed by atoms with Crippen molar-refractivity contribution in [2.45, 2.75) is 26.3 Å². The van der Waals surface area contributed by atoms with Gasteiger partial charge in [0, 0.05) is 37.9 Å². The van der Waals surface area contributed by atoms with Crippen LogP contribution < -0.4 is 5.32 Å². The van der Waals surface area contributed by atoms with E-state index in [-0.39, 0.29) is 0 Å². The van der Waals surface area contributed by atoms with Crippen LogP contribution in [0.4, 0.5) is 5.69 Å². The lowest BCUT2D eigenvalue weighted by Gasteiger charge is -2.37. The summed E-state index contributed by atoms with van der Waals surface area (Å²) in [5.74, 6) is 0. The normalized spacial score (nSPS) is 18.2. The van der Waals surface area contributed by atoms with Crippen LogP contribution in [0.2, 0.25) is 0 Å². The van der Waals surface area contributed by atoms with Gasteiger partial charge in [0.2, 0.25) is 0 Å². The van der Waals surface area contributed by atoms with Crippen LogP contribution >= 0.6 is 0 Å². The molecule has 1 aliphatic heterocycles. The van der Waals surface area contributed by atoms with Crippen molar-refractivity contribution in [3.63, 3.8) is 0 Å². The molecule has 3 heteroatoms. The van der Waals surface area contributed by atoms with Crippen LogP contribution in [-0.2, 0) is 0 Å². The zero-order valence-electron chi connectivity index (χ0n) is 11.6. The number of para-hydroxylation sites is 1. The zero-order chi connectivity index (χ0) is 12.8. The Kier molecular flexibility index (Phi) is 5.02. The first-order chi connectivity index (χ1) is 8.75. The van der Waals surface area contributed by atoms with Crippen LogP contribution in [0.25, 0.3) is 0 Å². The van der Waals surface area contributed by atoms with Crippen LogP contribution in [0.1, 0.15) is 20.3 Å². The van der Waals surface area contributed by atoms with Crippen LogP contribution in [0.15, 0.2) is 30.3 Å². The standard InChI is InChI=1S/C15H25N3/c1-14(2)18-11-6-10-17(13-18)12-9-16-15-7-4-3-5-8-15/h3-5,7-8,14,16H,6,9-13H2,1-2H3. The molecule has 1 aliphatic rings. The van der Waals surface area contributed by atoms with Crippen molar-refractivity contribution >= 4 is 5.69 Å². The van der Waals surface area contributed by atoms with E-state index in [1.54, 1.807) is 0 Å². The fourth-order valence-electron chi connectivity index (χ4n) is 2.41. The fourth-order valence-corrected chi connectivity index (χ4v) is 2.41. The molecule has 0 bridgehead atoms. The molecule has 1 aromatic carbocycles. The van der Waals surface area contributed by atoms with Gasteiger partial charge in [-0.25, -0.2) is 0 Å². The highest BCUT2D eigenvalue weighted by molar-refractivity contribution is 5.42. The van der Waals surface area contributed by atoms with E-state index in [9.17, 15) is 0 Å². The van der Waals surface area contributed by atoms with Gasteiger partial charge < -0.3 is 5.32 Å². The first-order valence-electron chi connectivity index (χ1n) is 7.01. The molecule has 2 rings (SSSR count). The topological polar surface area (TPSA) is 18.5 Å². The third-order valence-corrected chi connectivity index (χ3v) is 3.56. The highest BCUT2D eigenvalue weighted by Gasteiger charge is 2.18. The molecule has 1 saturated heterocycles. The van der Waals surface area contributed by atoms with Gasteiger partial charge in [-0.15, -0.1) is 0 Å². The second kappa shape index (κ2) is 6.76. The van der Waals surface area contributed by atoms with Crippen LogP contribution in [0, 0.1) is 0 Å². The van der Waals surface area contributed by atoms with Gasteiger partial charge in [-0.05, 0) is 32.4 Å². The number of nitrogens with zero attached hydrogens (tertiary/aromatic N) is 2. The number of hydrogen-bond acceptors (Lipinski definition) is 3. The summed E-state index contributed by atoms with van der Waals surface area (Å²) in [5, 5.41) is 3.48. The third kappa shape index (κ3) is 4.00. The molecule has 0 aromatic heterocycles. The molecule has 0 spiro atoms. The third-order valence-electron chi connectivity index (χ3n) is 3.56. The molecule has 18 heavy (non-hydrogen) atoms. The Morgan fingerprint density at radius 1 is 1.17 bits per heavy atom. The predicted molar refractivity (Wildman–Crippen MR) is 77.8 cm³/mol. The van der Waals surface area contributed by atoms with Crippen LogP contribution in [0.3, 0.4) is 0 Å². The number of nitrogens with one attached hydrogen (secondary N) is 1. The van der Waals surface area contributed by atoms with Gasteiger partial charge in [-0.3, -0.25) is 9.80 Å². The van der Waals surface area contributed by atoms with Gasteiger partial charge in [-0.1, -0.05) is 18.2 Å². The number of hydrogen-bond donors (Lipinski definition) is 1. The minimum atomic E-state index is 0.662. The van der Waals surface area contributed by atoms with E-state index in [2.05, 4.69) is 59.3 Å². The Labute approximate surface area is 111 Å². The Balaban J connectivity index is 1.70. The number of rotatable bonds is 5. The molecule has 1 aromatic rings. The van der Waals surface area contributed by atoms with Crippen molar-refractivity contribution in [2.24, 2.45) is 0 Å². The SMILES string of the molecule is CC(C)N1CCCN(CCNc2ccccc2)C1. The van der Waals surface area contributed by atoms with Crippen molar-refractivity contribution in [1.82, 2.24) is 9.80 Å². The van der Waals surface area contributed by atoms with Crippen molar-refractivity contribution in [3.05, 3.63) is 30.3 Å². The van der Waals surface area contributed by atoms with Gasteiger partial charge in [-0.2, -0.15) is 0 Å². The molecule has 1 heterocycles. The number of anilines is 1. The Morgan fingerprint density at radius 3 is 2.67 bits per heavy atom. The highest BCUT2D eigenvalue weighted by Crippen LogP contribution is 2.09. The van der Waals surface area contributed by atoms with E-state index in [0.29, 0.717) is 6.04 Å². The summed E-state index contributed by atoms with van der Waals surface area (Å²) in [7, 11) is 0. The summed E-state index contributed by atoms with van der Waals surface area (Å²) < 4.78 is 0. The van der Waals surface area contributed by atoms with Crippen molar-refractivity contribution in [2.75, 3.05) is 38.2 Å². The molecular formula is C15H25N3. The average molecular weight is 247 g/mol. The average Bonchev–Trinajstić information content (AvgIpc) is 2.40. The Morgan fingerprint density at radius 2 is 1.94 bits per heavy atom. The van der Waals surface area contributed by atoms with Gasteiger partial charge in [0.05, 0.1) is 6.67 Å². The van der Waals surface area contributed by atoms with E-state index < -0.39 is 0 Å². The van der Waals surface area contributed by atoms with Crippen molar-refractivity contribution < 1.29 is 0 Å².